The van der Waals surface area contributed by atoms with Crippen LogP contribution in [0.5, 0.6) is 0 Å². The number of methoxy groups -OCH3 is 1. The third kappa shape index (κ3) is 3.93. The van der Waals surface area contributed by atoms with Crippen LogP contribution in [0.15, 0.2) is 18.2 Å². The summed E-state index contributed by atoms with van der Waals surface area (Å²) in [5, 5.41) is 18.1. The second-order valence-electron chi connectivity index (χ2n) is 6.19. The number of hydrogen-bond donors (Lipinski definition) is 2. The third-order valence-corrected chi connectivity index (χ3v) is 5.95. The van der Waals surface area contributed by atoms with E-state index < -0.39 is 4.92 Å². The van der Waals surface area contributed by atoms with Gasteiger partial charge in [0.1, 0.15) is 5.00 Å². The number of benzene rings is 1. The van der Waals surface area contributed by atoms with Crippen molar-refractivity contribution in [2.75, 3.05) is 17.7 Å². The summed E-state index contributed by atoms with van der Waals surface area (Å²) in [5.41, 5.74) is 2.63. The number of aryl methyl sites for hydroxylation is 1. The molecule has 0 amide bonds. The number of anilines is 2. The number of ether oxygens (including phenoxy) is 1. The number of hydrogen-bond acceptors (Lipinski definition) is 6. The number of nitro groups is 1. The zero-order valence-electron chi connectivity index (χ0n) is 15.0. The maximum atomic E-state index is 12.3. The van der Waals surface area contributed by atoms with Crippen molar-refractivity contribution in [3.8, 4) is 0 Å². The molecular formula is C18H19N3O4S2. The monoisotopic (exact) mass is 405 g/mol. The van der Waals surface area contributed by atoms with Crippen LogP contribution in [0.1, 0.15) is 39.2 Å². The van der Waals surface area contributed by atoms with Crippen LogP contribution in [-0.4, -0.2) is 23.1 Å². The fraction of sp³-hybridized carbons (Fsp3) is 0.333. The SMILES string of the molecule is COC(=O)c1c(NC(=S)Nc2cccc([N+](=O)[O-])c2C)sc2c1CCCC2. The van der Waals surface area contributed by atoms with Crippen LogP contribution in [-0.2, 0) is 17.6 Å². The van der Waals surface area contributed by atoms with Crippen LogP contribution in [0, 0.1) is 17.0 Å². The molecule has 0 saturated carbocycles. The number of nitro benzene ring substituents is 1. The van der Waals surface area contributed by atoms with Crippen molar-refractivity contribution in [2.45, 2.75) is 32.6 Å². The zero-order valence-corrected chi connectivity index (χ0v) is 16.6. The van der Waals surface area contributed by atoms with E-state index in [-0.39, 0.29) is 16.8 Å². The minimum Gasteiger partial charge on any atom is -0.465 e. The van der Waals surface area contributed by atoms with Crippen LogP contribution >= 0.6 is 23.6 Å². The first-order valence-corrected chi connectivity index (χ1v) is 9.69. The molecule has 0 radical (unpaired) electrons. The number of nitrogens with one attached hydrogen (secondary N) is 2. The van der Waals surface area contributed by atoms with Crippen molar-refractivity contribution in [2.24, 2.45) is 0 Å². The molecule has 2 N–H and O–H groups in total. The molecule has 1 heterocycles. The predicted molar refractivity (Wildman–Crippen MR) is 110 cm³/mol. The Hall–Kier alpha value is -2.52. The van der Waals surface area contributed by atoms with Crippen molar-refractivity contribution in [3.05, 3.63) is 49.9 Å². The van der Waals surface area contributed by atoms with E-state index in [0.29, 0.717) is 21.8 Å². The van der Waals surface area contributed by atoms with Crippen molar-refractivity contribution in [3.63, 3.8) is 0 Å². The molecule has 3 rings (SSSR count). The Labute approximate surface area is 165 Å². The van der Waals surface area contributed by atoms with Gasteiger partial charge in [-0.05, 0) is 56.5 Å². The Bertz CT molecular complexity index is 924. The van der Waals surface area contributed by atoms with Gasteiger partial charge in [0, 0.05) is 10.9 Å². The molecule has 0 saturated heterocycles. The summed E-state index contributed by atoms with van der Waals surface area (Å²) in [7, 11) is 1.36. The summed E-state index contributed by atoms with van der Waals surface area (Å²) < 4.78 is 4.95. The summed E-state index contributed by atoms with van der Waals surface area (Å²) in [6.07, 6.45) is 3.93. The number of thiocarbonyl (C=S) groups is 1. The molecular weight excluding hydrogens is 386 g/mol. The molecule has 1 aliphatic carbocycles. The molecule has 0 spiro atoms. The van der Waals surface area contributed by atoms with Gasteiger partial charge in [0.15, 0.2) is 5.11 Å². The number of carbonyl (C=O) groups excluding carboxylic acids is 1. The first-order chi connectivity index (χ1) is 12.9. The first-order valence-electron chi connectivity index (χ1n) is 8.47. The lowest BCUT2D eigenvalue weighted by atomic mass is 9.95. The average Bonchev–Trinajstić information content (AvgIpc) is 3.00. The molecule has 0 bridgehead atoms. The first kappa shape index (κ1) is 19.2. The minimum absolute atomic E-state index is 0.0182. The summed E-state index contributed by atoms with van der Waals surface area (Å²) in [6, 6.07) is 4.76. The van der Waals surface area contributed by atoms with Crippen LogP contribution in [0.3, 0.4) is 0 Å². The van der Waals surface area contributed by atoms with Gasteiger partial charge in [-0.3, -0.25) is 10.1 Å². The largest absolute Gasteiger partial charge is 0.465 e. The lowest BCUT2D eigenvalue weighted by molar-refractivity contribution is -0.385. The van der Waals surface area contributed by atoms with E-state index >= 15 is 0 Å². The van der Waals surface area contributed by atoms with Gasteiger partial charge in [0.2, 0.25) is 0 Å². The van der Waals surface area contributed by atoms with E-state index in [1.165, 1.54) is 29.4 Å². The Balaban J connectivity index is 1.85. The predicted octanol–water partition coefficient (Wildman–Crippen LogP) is 4.44. The molecule has 0 atom stereocenters. The second kappa shape index (κ2) is 8.01. The third-order valence-electron chi connectivity index (χ3n) is 4.54. The highest BCUT2D eigenvalue weighted by atomic mass is 32.1. The van der Waals surface area contributed by atoms with Gasteiger partial charge in [0.05, 0.1) is 28.8 Å². The Morgan fingerprint density at radius 3 is 2.74 bits per heavy atom. The van der Waals surface area contributed by atoms with Crippen molar-refractivity contribution >= 4 is 51.0 Å². The molecule has 27 heavy (non-hydrogen) atoms. The van der Waals surface area contributed by atoms with Gasteiger partial charge in [-0.1, -0.05) is 6.07 Å². The lowest BCUT2D eigenvalue weighted by Crippen LogP contribution is -2.21. The van der Waals surface area contributed by atoms with Gasteiger partial charge in [0.25, 0.3) is 5.69 Å². The summed E-state index contributed by atoms with van der Waals surface area (Å²) in [6.45, 7) is 1.66. The molecule has 0 fully saturated rings. The van der Waals surface area contributed by atoms with Gasteiger partial charge in [-0.2, -0.15) is 0 Å². The van der Waals surface area contributed by atoms with Gasteiger partial charge in [-0.15, -0.1) is 11.3 Å². The molecule has 1 aliphatic rings. The Morgan fingerprint density at radius 1 is 1.30 bits per heavy atom. The zero-order chi connectivity index (χ0) is 19.6. The maximum Gasteiger partial charge on any atom is 0.341 e. The highest BCUT2D eigenvalue weighted by molar-refractivity contribution is 7.80. The molecule has 0 aliphatic heterocycles. The normalized spacial score (nSPS) is 12.8. The minimum atomic E-state index is -0.431. The average molecular weight is 406 g/mol. The topological polar surface area (TPSA) is 93.5 Å². The quantitative estimate of drug-likeness (QED) is 0.336. The van der Waals surface area contributed by atoms with Gasteiger partial charge < -0.3 is 15.4 Å². The molecule has 1 aromatic carbocycles. The highest BCUT2D eigenvalue weighted by Gasteiger charge is 2.26. The number of rotatable bonds is 4. The highest BCUT2D eigenvalue weighted by Crippen LogP contribution is 2.38. The molecule has 2 aromatic rings. The fourth-order valence-electron chi connectivity index (χ4n) is 3.19. The van der Waals surface area contributed by atoms with E-state index in [4.69, 9.17) is 17.0 Å². The van der Waals surface area contributed by atoms with Crippen LogP contribution < -0.4 is 10.6 Å². The number of carbonyl (C=O) groups is 1. The van der Waals surface area contributed by atoms with Crippen LogP contribution in [0.4, 0.5) is 16.4 Å². The summed E-state index contributed by atoms with van der Waals surface area (Å²) in [4.78, 5) is 24.1. The van der Waals surface area contributed by atoms with Gasteiger partial charge in [-0.25, -0.2) is 4.79 Å². The lowest BCUT2D eigenvalue weighted by Gasteiger charge is -2.13. The van der Waals surface area contributed by atoms with Crippen molar-refractivity contribution < 1.29 is 14.5 Å². The molecule has 7 nitrogen and oxygen atoms in total. The second-order valence-corrected chi connectivity index (χ2v) is 7.71. The van der Waals surface area contributed by atoms with Gasteiger partial charge >= 0.3 is 5.97 Å². The maximum absolute atomic E-state index is 12.3. The summed E-state index contributed by atoms with van der Waals surface area (Å²) in [5.74, 6) is -0.383. The summed E-state index contributed by atoms with van der Waals surface area (Å²) >= 11 is 6.88. The number of esters is 1. The Morgan fingerprint density at radius 2 is 2.04 bits per heavy atom. The van der Waals surface area contributed by atoms with E-state index in [1.807, 2.05) is 0 Å². The standard InChI is InChI=1S/C18H19N3O4S2/c1-10-12(7-5-8-13(10)21(23)24)19-18(26)20-16-15(17(22)25-2)11-6-3-4-9-14(11)27-16/h5,7-8H,3-4,6,9H2,1-2H3,(H2,19,20,26). The molecule has 9 heteroatoms. The number of fused-ring (bicyclic) bond motifs is 1. The fourth-order valence-corrected chi connectivity index (χ4v) is 4.74. The van der Waals surface area contributed by atoms with Crippen LogP contribution in [0.2, 0.25) is 0 Å². The van der Waals surface area contributed by atoms with E-state index in [0.717, 1.165) is 31.2 Å². The van der Waals surface area contributed by atoms with E-state index in [9.17, 15) is 14.9 Å². The van der Waals surface area contributed by atoms with Crippen molar-refractivity contribution in [1.29, 1.82) is 0 Å². The van der Waals surface area contributed by atoms with Crippen molar-refractivity contribution in [1.82, 2.24) is 0 Å². The molecule has 142 valence electrons. The number of nitrogens with zero attached hydrogens (tertiary/aromatic N) is 1. The smallest absolute Gasteiger partial charge is 0.341 e. The Kier molecular flexibility index (Phi) is 5.71. The van der Waals surface area contributed by atoms with E-state index in [2.05, 4.69) is 10.6 Å². The van der Waals surface area contributed by atoms with E-state index in [1.54, 1.807) is 19.1 Å². The van der Waals surface area contributed by atoms with Crippen LogP contribution in [0.25, 0.3) is 0 Å². The number of thiophene rings is 1. The molecule has 0 unspecified atom stereocenters. The molecule has 1 aromatic heterocycles.